The first-order chi connectivity index (χ1) is 16.3. The third kappa shape index (κ3) is 3.76. The molecule has 4 atom stereocenters. The molecule has 2 fully saturated rings. The van der Waals surface area contributed by atoms with Crippen LogP contribution in [0.15, 0.2) is 42.7 Å². The van der Waals surface area contributed by atoms with Crippen molar-refractivity contribution in [3.63, 3.8) is 0 Å². The second-order valence-electron chi connectivity index (χ2n) is 9.09. The number of aromatic nitrogens is 2. The molecule has 176 valence electrons. The van der Waals surface area contributed by atoms with Crippen molar-refractivity contribution in [2.24, 2.45) is 11.8 Å². The van der Waals surface area contributed by atoms with Gasteiger partial charge in [-0.2, -0.15) is 0 Å². The lowest BCUT2D eigenvalue weighted by molar-refractivity contribution is -0.140. The average Bonchev–Trinajstić information content (AvgIpc) is 3.15. The lowest BCUT2D eigenvalue weighted by atomic mass is 10.1. The highest BCUT2D eigenvalue weighted by Crippen LogP contribution is 2.53. The molecular weight excluding hydrogens is 459 g/mol. The van der Waals surface area contributed by atoms with Crippen molar-refractivity contribution in [3.8, 4) is 0 Å². The number of nitrogens with zero attached hydrogens (tertiary/aromatic N) is 3. The van der Waals surface area contributed by atoms with Crippen molar-refractivity contribution in [3.05, 3.63) is 64.7 Å². The Kier molecular flexibility index (Phi) is 5.64. The quantitative estimate of drug-likeness (QED) is 0.544. The van der Waals surface area contributed by atoms with Crippen LogP contribution in [0.1, 0.15) is 36.2 Å². The minimum absolute atomic E-state index is 0.00187. The number of piperidine rings is 1. The highest BCUT2D eigenvalue weighted by atomic mass is 35.5. The van der Waals surface area contributed by atoms with E-state index in [0.29, 0.717) is 34.5 Å². The second-order valence-corrected chi connectivity index (χ2v) is 9.50. The molecule has 3 aromatic rings. The van der Waals surface area contributed by atoms with Crippen molar-refractivity contribution < 1.29 is 18.8 Å². The zero-order valence-corrected chi connectivity index (χ0v) is 19.6. The van der Waals surface area contributed by atoms with Crippen LogP contribution in [-0.4, -0.2) is 44.1 Å². The van der Waals surface area contributed by atoms with Crippen molar-refractivity contribution in [1.29, 1.82) is 0 Å². The van der Waals surface area contributed by atoms with Gasteiger partial charge in [0.1, 0.15) is 18.4 Å². The number of carbonyl (C=O) groups is 3. The zero-order valence-electron chi connectivity index (χ0n) is 18.8. The monoisotopic (exact) mass is 482 g/mol. The first-order valence-corrected chi connectivity index (χ1v) is 11.6. The van der Waals surface area contributed by atoms with E-state index in [1.165, 1.54) is 13.0 Å². The molecule has 0 bridgehead atoms. The van der Waals surface area contributed by atoms with Crippen LogP contribution in [0.25, 0.3) is 11.0 Å². The van der Waals surface area contributed by atoms with Crippen LogP contribution in [0.4, 0.5) is 4.39 Å². The summed E-state index contributed by atoms with van der Waals surface area (Å²) >= 11 is 5.83. The molecular formula is C25H24ClFN4O3. The van der Waals surface area contributed by atoms with Gasteiger partial charge in [-0.1, -0.05) is 30.7 Å². The summed E-state index contributed by atoms with van der Waals surface area (Å²) in [6.07, 6.45) is 3.84. The molecule has 1 aliphatic carbocycles. The maximum absolute atomic E-state index is 14.2. The van der Waals surface area contributed by atoms with Crippen molar-refractivity contribution in [2.75, 3.05) is 0 Å². The molecule has 0 radical (unpaired) electrons. The number of Topliss-reactive ketones (excluding diaryl/α,β-unsaturated/α-hetero) is 1. The predicted octanol–water partition coefficient (Wildman–Crippen LogP) is 3.58. The van der Waals surface area contributed by atoms with Gasteiger partial charge < -0.3 is 14.8 Å². The van der Waals surface area contributed by atoms with Gasteiger partial charge in [-0.25, -0.2) is 4.39 Å². The van der Waals surface area contributed by atoms with Gasteiger partial charge in [0.2, 0.25) is 11.8 Å². The predicted molar refractivity (Wildman–Crippen MR) is 125 cm³/mol. The van der Waals surface area contributed by atoms with E-state index >= 15 is 0 Å². The Morgan fingerprint density at radius 3 is 2.79 bits per heavy atom. The smallest absolute Gasteiger partial charge is 0.243 e. The number of halogens is 2. The second kappa shape index (κ2) is 8.51. The van der Waals surface area contributed by atoms with Crippen LogP contribution in [0.2, 0.25) is 5.02 Å². The molecule has 1 aromatic carbocycles. The van der Waals surface area contributed by atoms with E-state index in [1.54, 1.807) is 40.1 Å². The normalized spacial score (nSPS) is 23.1. The summed E-state index contributed by atoms with van der Waals surface area (Å²) in [7, 11) is 0. The summed E-state index contributed by atoms with van der Waals surface area (Å²) in [5.74, 6) is -0.586. The Hall–Kier alpha value is -3.26. The van der Waals surface area contributed by atoms with Gasteiger partial charge >= 0.3 is 0 Å². The van der Waals surface area contributed by atoms with Crippen LogP contribution < -0.4 is 5.32 Å². The molecule has 9 heteroatoms. The maximum atomic E-state index is 14.2. The molecule has 1 aliphatic heterocycles. The number of benzene rings is 1. The van der Waals surface area contributed by atoms with E-state index in [4.69, 9.17) is 11.6 Å². The van der Waals surface area contributed by atoms with Gasteiger partial charge in [-0.15, -0.1) is 0 Å². The third-order valence-corrected chi connectivity index (χ3v) is 7.35. The summed E-state index contributed by atoms with van der Waals surface area (Å²) in [5, 5.41) is 2.77. The lowest BCUT2D eigenvalue weighted by Gasteiger charge is -2.28. The van der Waals surface area contributed by atoms with Crippen molar-refractivity contribution >= 4 is 40.2 Å². The van der Waals surface area contributed by atoms with Gasteiger partial charge in [0, 0.05) is 30.5 Å². The molecule has 7 nitrogen and oxygen atoms in total. The Bertz CT molecular complexity index is 1320. The Morgan fingerprint density at radius 2 is 2.03 bits per heavy atom. The summed E-state index contributed by atoms with van der Waals surface area (Å²) in [6.45, 7) is 3.53. The number of nitrogens with one attached hydrogen (secondary N) is 1. The number of amides is 2. The Balaban J connectivity index is 1.35. The van der Waals surface area contributed by atoms with Gasteiger partial charge in [0.05, 0.1) is 21.6 Å². The van der Waals surface area contributed by atoms with Crippen LogP contribution in [0, 0.1) is 17.7 Å². The highest BCUT2D eigenvalue weighted by molar-refractivity contribution is 6.30. The zero-order chi connectivity index (χ0) is 24.1. The van der Waals surface area contributed by atoms with Gasteiger partial charge in [0.25, 0.3) is 0 Å². The lowest BCUT2D eigenvalue weighted by Crippen LogP contribution is -2.49. The molecule has 1 unspecified atom stereocenters. The minimum Gasteiger partial charge on any atom is -0.350 e. The van der Waals surface area contributed by atoms with Crippen molar-refractivity contribution in [1.82, 2.24) is 19.8 Å². The van der Waals surface area contributed by atoms with Gasteiger partial charge in [0.15, 0.2) is 5.78 Å². The van der Waals surface area contributed by atoms with Crippen LogP contribution in [-0.2, 0) is 22.7 Å². The number of ketones is 1. The van der Waals surface area contributed by atoms with Crippen LogP contribution in [0.3, 0.4) is 0 Å². The van der Waals surface area contributed by atoms with E-state index in [9.17, 15) is 18.8 Å². The van der Waals surface area contributed by atoms with E-state index in [1.807, 2.05) is 6.07 Å². The number of fused-ring (bicyclic) bond motifs is 2. The maximum Gasteiger partial charge on any atom is 0.243 e. The molecule has 1 N–H and O–H groups in total. The molecule has 2 amide bonds. The molecule has 0 spiro atoms. The van der Waals surface area contributed by atoms with Gasteiger partial charge in [-0.3, -0.25) is 19.4 Å². The summed E-state index contributed by atoms with van der Waals surface area (Å²) in [5.41, 5.74) is 2.00. The van der Waals surface area contributed by atoms with E-state index in [2.05, 4.69) is 17.2 Å². The van der Waals surface area contributed by atoms with Gasteiger partial charge in [-0.05, 0) is 43.4 Å². The summed E-state index contributed by atoms with van der Waals surface area (Å²) in [6, 6.07) is 7.61. The van der Waals surface area contributed by atoms with Crippen LogP contribution in [0.5, 0.6) is 0 Å². The molecule has 3 heterocycles. The number of pyridine rings is 1. The molecule has 2 aliphatic rings. The van der Waals surface area contributed by atoms with E-state index in [0.717, 1.165) is 0 Å². The molecule has 34 heavy (non-hydrogen) atoms. The number of hydrogen-bond acceptors (Lipinski definition) is 4. The topological polar surface area (TPSA) is 84.3 Å². The Labute approximate surface area is 200 Å². The standard InChI is InChI=1S/C25H24ClFN4O3/c1-13-16-9-20(25(34)29-10-15-5-3-6-18(26)22(15)27)31(24(13)16)21(33)12-30-11-17(14(2)32)23-19(30)7-4-8-28-23/h3-8,11,13,16,20,24H,9-10,12H2,1-2H3,(H,29,34)/t13-,16+,20?,24-/m1/s1. The van der Waals surface area contributed by atoms with E-state index in [-0.39, 0.29) is 47.7 Å². The summed E-state index contributed by atoms with van der Waals surface area (Å²) in [4.78, 5) is 44.5. The number of likely N-dealkylation sites (tertiary alicyclic amines) is 1. The highest BCUT2D eigenvalue weighted by Gasteiger charge is 2.61. The van der Waals surface area contributed by atoms with Crippen molar-refractivity contribution in [2.45, 2.75) is 45.4 Å². The Morgan fingerprint density at radius 1 is 1.24 bits per heavy atom. The minimum atomic E-state index is -0.617. The van der Waals surface area contributed by atoms with Crippen LogP contribution >= 0.6 is 11.6 Å². The number of hydrogen-bond donors (Lipinski definition) is 1. The first kappa shape index (κ1) is 22.5. The fourth-order valence-corrected chi connectivity index (χ4v) is 5.41. The number of carbonyl (C=O) groups excluding carboxylic acids is 3. The molecule has 1 saturated carbocycles. The molecule has 1 saturated heterocycles. The fraction of sp³-hybridized carbons (Fsp3) is 0.360. The largest absolute Gasteiger partial charge is 0.350 e. The number of rotatable bonds is 6. The average molecular weight is 483 g/mol. The summed E-state index contributed by atoms with van der Waals surface area (Å²) < 4.78 is 15.9. The SMILES string of the molecule is CC(=O)c1cn(CC(=O)N2C(C(=O)NCc3cccc(Cl)c3F)C[C@H]3[C@@H](C)[C@H]32)c2cccnc12. The first-order valence-electron chi connectivity index (χ1n) is 11.2. The molecule has 5 rings (SSSR count). The molecule has 2 aromatic heterocycles. The van der Waals surface area contributed by atoms with E-state index < -0.39 is 11.9 Å². The third-order valence-electron chi connectivity index (χ3n) is 7.06. The fourth-order valence-electron chi connectivity index (χ4n) is 5.21.